The summed E-state index contributed by atoms with van der Waals surface area (Å²) in [7, 11) is 1.56. The molecule has 1 atom stereocenters. The molecular formula is C22H29N3O3. The zero-order valence-corrected chi connectivity index (χ0v) is 17.1. The fourth-order valence-electron chi connectivity index (χ4n) is 2.79. The van der Waals surface area contributed by atoms with Gasteiger partial charge in [-0.15, -0.1) is 0 Å². The number of anilines is 1. The third-order valence-corrected chi connectivity index (χ3v) is 3.99. The fraction of sp³-hybridized carbons (Fsp3) is 0.364. The van der Waals surface area contributed by atoms with Gasteiger partial charge in [0.2, 0.25) is 11.8 Å². The van der Waals surface area contributed by atoms with Crippen LogP contribution in [0.2, 0.25) is 0 Å². The van der Waals surface area contributed by atoms with Crippen molar-refractivity contribution >= 4 is 17.5 Å². The molecule has 0 bridgehead atoms. The normalized spacial score (nSPS) is 12.2. The Hall–Kier alpha value is -2.86. The van der Waals surface area contributed by atoms with Crippen molar-refractivity contribution in [1.29, 1.82) is 0 Å². The number of rotatable bonds is 7. The molecule has 0 aromatic heterocycles. The molecule has 0 saturated heterocycles. The summed E-state index contributed by atoms with van der Waals surface area (Å²) in [5, 5.41) is 8.87. The first kappa shape index (κ1) is 21.4. The van der Waals surface area contributed by atoms with Crippen LogP contribution in [0.3, 0.4) is 0 Å². The van der Waals surface area contributed by atoms with Gasteiger partial charge in [-0.1, -0.05) is 36.4 Å². The Morgan fingerprint density at radius 2 is 1.75 bits per heavy atom. The van der Waals surface area contributed by atoms with E-state index in [0.717, 1.165) is 11.1 Å². The Bertz CT molecular complexity index is 814. The molecule has 2 aromatic carbocycles. The van der Waals surface area contributed by atoms with E-state index in [0.29, 0.717) is 11.4 Å². The topological polar surface area (TPSA) is 79.5 Å². The lowest BCUT2D eigenvalue weighted by Crippen LogP contribution is -2.46. The van der Waals surface area contributed by atoms with E-state index in [9.17, 15) is 9.59 Å². The summed E-state index contributed by atoms with van der Waals surface area (Å²) < 4.78 is 5.34. The molecule has 0 spiro atoms. The number of carbonyl (C=O) groups is 2. The highest BCUT2D eigenvalue weighted by Gasteiger charge is 2.23. The zero-order valence-electron chi connectivity index (χ0n) is 17.1. The number of nitrogens with one attached hydrogen (secondary N) is 3. The molecule has 150 valence electrons. The molecule has 0 saturated carbocycles. The second-order valence-corrected chi connectivity index (χ2v) is 7.72. The van der Waals surface area contributed by atoms with Crippen LogP contribution >= 0.6 is 0 Å². The van der Waals surface area contributed by atoms with Crippen LogP contribution in [0.4, 0.5) is 5.69 Å². The SMILES string of the molecule is COc1ccc(C)cc1NC(=O)[C@@H](NCC(=O)NC(C)(C)C)c1ccccc1. The summed E-state index contributed by atoms with van der Waals surface area (Å²) in [6.45, 7) is 7.71. The maximum absolute atomic E-state index is 13.0. The zero-order chi connectivity index (χ0) is 20.7. The van der Waals surface area contributed by atoms with Crippen molar-refractivity contribution in [3.8, 4) is 5.75 Å². The maximum Gasteiger partial charge on any atom is 0.246 e. The predicted octanol–water partition coefficient (Wildman–Crippen LogP) is 3.19. The lowest BCUT2D eigenvalue weighted by Gasteiger charge is -2.23. The van der Waals surface area contributed by atoms with Crippen LogP contribution in [0.1, 0.15) is 37.9 Å². The van der Waals surface area contributed by atoms with Gasteiger partial charge < -0.3 is 15.4 Å². The van der Waals surface area contributed by atoms with Crippen LogP contribution in [-0.2, 0) is 9.59 Å². The van der Waals surface area contributed by atoms with Gasteiger partial charge in [0, 0.05) is 5.54 Å². The predicted molar refractivity (Wildman–Crippen MR) is 111 cm³/mol. The largest absolute Gasteiger partial charge is 0.495 e. The average molecular weight is 383 g/mol. The van der Waals surface area contributed by atoms with Crippen LogP contribution in [0.25, 0.3) is 0 Å². The number of hydrogen-bond donors (Lipinski definition) is 3. The molecule has 6 heteroatoms. The molecule has 0 aliphatic heterocycles. The van der Waals surface area contributed by atoms with Crippen molar-refractivity contribution in [2.45, 2.75) is 39.3 Å². The molecular weight excluding hydrogens is 354 g/mol. The number of carbonyl (C=O) groups excluding carboxylic acids is 2. The third kappa shape index (κ3) is 6.39. The minimum atomic E-state index is -0.683. The summed E-state index contributed by atoms with van der Waals surface area (Å²) in [6.07, 6.45) is 0. The molecule has 0 heterocycles. The van der Waals surface area contributed by atoms with Gasteiger partial charge in [-0.05, 0) is 51.0 Å². The standard InChI is InChI=1S/C22H29N3O3/c1-15-11-12-18(28-5)17(13-15)24-21(27)20(16-9-7-6-8-10-16)23-14-19(26)25-22(2,3)4/h6-13,20,23H,14H2,1-5H3,(H,24,27)(H,25,26)/t20-/m0/s1. The second-order valence-electron chi connectivity index (χ2n) is 7.72. The van der Waals surface area contributed by atoms with Crippen molar-refractivity contribution in [2.75, 3.05) is 19.0 Å². The van der Waals surface area contributed by atoms with Gasteiger partial charge in [0.05, 0.1) is 19.3 Å². The van der Waals surface area contributed by atoms with Crippen molar-refractivity contribution in [1.82, 2.24) is 10.6 Å². The number of ether oxygens (including phenoxy) is 1. The Morgan fingerprint density at radius 3 is 2.36 bits per heavy atom. The van der Waals surface area contributed by atoms with Crippen LogP contribution in [0.15, 0.2) is 48.5 Å². The van der Waals surface area contributed by atoms with Crippen molar-refractivity contribution in [3.05, 3.63) is 59.7 Å². The number of methoxy groups -OCH3 is 1. The lowest BCUT2D eigenvalue weighted by atomic mass is 10.1. The Kier molecular flexibility index (Phi) is 7.18. The summed E-state index contributed by atoms with van der Waals surface area (Å²) in [6, 6.07) is 14.2. The molecule has 2 amide bonds. The van der Waals surface area contributed by atoms with Gasteiger partial charge in [-0.25, -0.2) is 0 Å². The smallest absolute Gasteiger partial charge is 0.246 e. The van der Waals surface area contributed by atoms with E-state index in [1.807, 2.05) is 76.2 Å². The monoisotopic (exact) mass is 383 g/mol. The van der Waals surface area contributed by atoms with Gasteiger partial charge in [0.15, 0.2) is 0 Å². The highest BCUT2D eigenvalue weighted by atomic mass is 16.5. The van der Waals surface area contributed by atoms with Crippen LogP contribution in [0.5, 0.6) is 5.75 Å². The van der Waals surface area contributed by atoms with Crippen LogP contribution in [-0.4, -0.2) is 31.0 Å². The van der Waals surface area contributed by atoms with E-state index in [2.05, 4.69) is 16.0 Å². The molecule has 2 aromatic rings. The molecule has 0 radical (unpaired) electrons. The number of amides is 2. The van der Waals surface area contributed by atoms with Gasteiger partial charge in [-0.2, -0.15) is 0 Å². The summed E-state index contributed by atoms with van der Waals surface area (Å²) >= 11 is 0. The first-order valence-corrected chi connectivity index (χ1v) is 9.24. The van der Waals surface area contributed by atoms with E-state index in [1.54, 1.807) is 7.11 Å². The van der Waals surface area contributed by atoms with E-state index in [-0.39, 0.29) is 23.9 Å². The highest BCUT2D eigenvalue weighted by molar-refractivity contribution is 5.97. The molecule has 0 aliphatic carbocycles. The van der Waals surface area contributed by atoms with Crippen LogP contribution < -0.4 is 20.7 Å². The maximum atomic E-state index is 13.0. The molecule has 6 nitrogen and oxygen atoms in total. The molecule has 0 unspecified atom stereocenters. The van der Waals surface area contributed by atoms with E-state index >= 15 is 0 Å². The first-order chi connectivity index (χ1) is 13.2. The van der Waals surface area contributed by atoms with E-state index in [1.165, 1.54) is 0 Å². The average Bonchev–Trinajstić information content (AvgIpc) is 2.61. The van der Waals surface area contributed by atoms with Crippen molar-refractivity contribution < 1.29 is 14.3 Å². The van der Waals surface area contributed by atoms with Gasteiger partial charge in [0.25, 0.3) is 0 Å². The minimum Gasteiger partial charge on any atom is -0.495 e. The lowest BCUT2D eigenvalue weighted by molar-refractivity contribution is -0.122. The first-order valence-electron chi connectivity index (χ1n) is 9.24. The molecule has 2 rings (SSSR count). The minimum absolute atomic E-state index is 0.0230. The van der Waals surface area contributed by atoms with E-state index in [4.69, 9.17) is 4.74 Å². The number of benzene rings is 2. The fourth-order valence-corrected chi connectivity index (χ4v) is 2.79. The molecule has 0 aliphatic rings. The Balaban J connectivity index is 2.19. The summed E-state index contributed by atoms with van der Waals surface area (Å²) in [5.74, 6) is 0.143. The van der Waals surface area contributed by atoms with Crippen LogP contribution in [0, 0.1) is 6.92 Å². The molecule has 3 N–H and O–H groups in total. The highest BCUT2D eigenvalue weighted by Crippen LogP contribution is 2.26. The van der Waals surface area contributed by atoms with E-state index < -0.39 is 6.04 Å². The van der Waals surface area contributed by atoms with Crippen molar-refractivity contribution in [2.24, 2.45) is 0 Å². The number of aryl methyl sites for hydroxylation is 1. The summed E-state index contributed by atoms with van der Waals surface area (Å²) in [4.78, 5) is 25.2. The van der Waals surface area contributed by atoms with Gasteiger partial charge in [0.1, 0.15) is 11.8 Å². The number of hydrogen-bond acceptors (Lipinski definition) is 4. The third-order valence-electron chi connectivity index (χ3n) is 3.99. The van der Waals surface area contributed by atoms with Crippen molar-refractivity contribution in [3.63, 3.8) is 0 Å². The quantitative estimate of drug-likeness (QED) is 0.686. The summed E-state index contributed by atoms with van der Waals surface area (Å²) in [5.41, 5.74) is 2.03. The second kappa shape index (κ2) is 9.37. The molecule has 28 heavy (non-hydrogen) atoms. The van der Waals surface area contributed by atoms with Gasteiger partial charge >= 0.3 is 0 Å². The molecule has 0 fully saturated rings. The van der Waals surface area contributed by atoms with Gasteiger partial charge in [-0.3, -0.25) is 14.9 Å². The Labute approximate surface area is 166 Å². The Morgan fingerprint density at radius 1 is 1.07 bits per heavy atom.